The van der Waals surface area contributed by atoms with E-state index in [0.29, 0.717) is 0 Å². The molecule has 0 amide bonds. The molecule has 0 heteroatoms. The molecule has 1 unspecified atom stereocenters. The van der Waals surface area contributed by atoms with Crippen molar-refractivity contribution >= 4 is 0 Å². The van der Waals surface area contributed by atoms with Crippen molar-refractivity contribution in [1.29, 1.82) is 0 Å². The molecular formula is C11H22. The van der Waals surface area contributed by atoms with E-state index < -0.39 is 0 Å². The van der Waals surface area contributed by atoms with Gasteiger partial charge >= 0.3 is 0 Å². The van der Waals surface area contributed by atoms with E-state index in [4.69, 9.17) is 0 Å². The third-order valence-electron chi connectivity index (χ3n) is 1.97. The lowest BCUT2D eigenvalue weighted by Gasteiger charge is -2.10. The van der Waals surface area contributed by atoms with Crippen molar-refractivity contribution in [2.75, 3.05) is 0 Å². The SMILES string of the molecule is CCC(C)=CC(C)CC(C)C. The first-order valence-corrected chi connectivity index (χ1v) is 4.73. The largest absolute Gasteiger partial charge is 0.0828 e. The van der Waals surface area contributed by atoms with Crippen LogP contribution in [0.2, 0.25) is 0 Å². The molecule has 1 atom stereocenters. The number of hydrogen-bond donors (Lipinski definition) is 0. The Morgan fingerprint density at radius 1 is 1.27 bits per heavy atom. The van der Waals surface area contributed by atoms with E-state index in [9.17, 15) is 0 Å². The van der Waals surface area contributed by atoms with Gasteiger partial charge in [0.15, 0.2) is 0 Å². The highest BCUT2D eigenvalue weighted by Crippen LogP contribution is 2.14. The van der Waals surface area contributed by atoms with Crippen LogP contribution in [0.4, 0.5) is 0 Å². The first-order valence-electron chi connectivity index (χ1n) is 4.73. The van der Waals surface area contributed by atoms with Crippen LogP contribution < -0.4 is 0 Å². The van der Waals surface area contributed by atoms with Gasteiger partial charge in [0, 0.05) is 0 Å². The minimum absolute atomic E-state index is 0.759. The second kappa shape index (κ2) is 5.40. The highest BCUT2D eigenvalue weighted by Gasteiger charge is 2.01. The van der Waals surface area contributed by atoms with Gasteiger partial charge in [0.25, 0.3) is 0 Å². The van der Waals surface area contributed by atoms with Crippen molar-refractivity contribution in [2.45, 2.75) is 47.5 Å². The van der Waals surface area contributed by atoms with Crippen LogP contribution in [-0.2, 0) is 0 Å². The van der Waals surface area contributed by atoms with E-state index >= 15 is 0 Å². The predicted octanol–water partition coefficient (Wildman–Crippen LogP) is 4.02. The molecule has 0 aliphatic carbocycles. The average Bonchev–Trinajstić information content (AvgIpc) is 1.85. The normalized spacial score (nSPS) is 15.6. The lowest BCUT2D eigenvalue weighted by atomic mass is 9.96. The minimum atomic E-state index is 0.759. The number of allylic oxidation sites excluding steroid dienone is 2. The van der Waals surface area contributed by atoms with Gasteiger partial charge in [0.05, 0.1) is 0 Å². The van der Waals surface area contributed by atoms with Gasteiger partial charge in [-0.25, -0.2) is 0 Å². The molecule has 0 radical (unpaired) electrons. The topological polar surface area (TPSA) is 0 Å². The first kappa shape index (κ1) is 10.7. The number of hydrogen-bond acceptors (Lipinski definition) is 0. The maximum absolute atomic E-state index is 2.40. The van der Waals surface area contributed by atoms with Crippen LogP contribution in [0.3, 0.4) is 0 Å². The summed E-state index contributed by atoms with van der Waals surface area (Å²) in [6.45, 7) is 11.3. The lowest BCUT2D eigenvalue weighted by molar-refractivity contribution is 0.501. The Bertz CT molecular complexity index is 120. The van der Waals surface area contributed by atoms with Gasteiger partial charge in [-0.05, 0) is 31.6 Å². The van der Waals surface area contributed by atoms with Crippen molar-refractivity contribution in [3.05, 3.63) is 11.6 Å². The van der Waals surface area contributed by atoms with Crippen LogP contribution in [0.25, 0.3) is 0 Å². The summed E-state index contributed by atoms with van der Waals surface area (Å²) in [6.07, 6.45) is 4.92. The molecule has 0 aliphatic heterocycles. The van der Waals surface area contributed by atoms with Crippen LogP contribution in [-0.4, -0.2) is 0 Å². The molecule has 0 rings (SSSR count). The zero-order valence-corrected chi connectivity index (χ0v) is 8.65. The second-order valence-corrected chi connectivity index (χ2v) is 3.97. The minimum Gasteiger partial charge on any atom is -0.0828 e. The van der Waals surface area contributed by atoms with Crippen LogP contribution in [0, 0.1) is 11.8 Å². The van der Waals surface area contributed by atoms with E-state index in [1.165, 1.54) is 18.4 Å². The third kappa shape index (κ3) is 6.15. The molecule has 0 saturated heterocycles. The van der Waals surface area contributed by atoms with E-state index in [0.717, 1.165) is 11.8 Å². The smallest absolute Gasteiger partial charge is 0.0257 e. The van der Waals surface area contributed by atoms with Crippen LogP contribution >= 0.6 is 0 Å². The maximum atomic E-state index is 2.40. The summed E-state index contributed by atoms with van der Waals surface area (Å²) in [5.74, 6) is 1.58. The summed E-state index contributed by atoms with van der Waals surface area (Å²) in [7, 11) is 0. The zero-order chi connectivity index (χ0) is 8.85. The summed E-state index contributed by atoms with van der Waals surface area (Å²) in [5.41, 5.74) is 1.53. The van der Waals surface area contributed by atoms with E-state index in [-0.39, 0.29) is 0 Å². The molecule has 0 N–H and O–H groups in total. The van der Waals surface area contributed by atoms with Crippen molar-refractivity contribution in [1.82, 2.24) is 0 Å². The highest BCUT2D eigenvalue weighted by atomic mass is 14.1. The van der Waals surface area contributed by atoms with Gasteiger partial charge in [-0.15, -0.1) is 0 Å². The van der Waals surface area contributed by atoms with Crippen LogP contribution in [0.5, 0.6) is 0 Å². The van der Waals surface area contributed by atoms with E-state index in [1.807, 2.05) is 0 Å². The molecule has 0 fully saturated rings. The third-order valence-corrected chi connectivity index (χ3v) is 1.97. The highest BCUT2D eigenvalue weighted by molar-refractivity contribution is 4.99. The fourth-order valence-electron chi connectivity index (χ4n) is 1.42. The zero-order valence-electron chi connectivity index (χ0n) is 8.65. The Morgan fingerprint density at radius 2 is 1.82 bits per heavy atom. The second-order valence-electron chi connectivity index (χ2n) is 3.97. The molecular weight excluding hydrogens is 132 g/mol. The molecule has 0 aliphatic rings. The molecule has 0 aromatic rings. The van der Waals surface area contributed by atoms with Crippen molar-refractivity contribution < 1.29 is 0 Å². The molecule has 0 aromatic heterocycles. The van der Waals surface area contributed by atoms with Gasteiger partial charge in [0.1, 0.15) is 0 Å². The number of rotatable bonds is 4. The Morgan fingerprint density at radius 3 is 2.18 bits per heavy atom. The van der Waals surface area contributed by atoms with E-state index in [1.54, 1.807) is 0 Å². The summed E-state index contributed by atoms with van der Waals surface area (Å²) >= 11 is 0. The molecule has 66 valence electrons. The Balaban J connectivity index is 3.75. The van der Waals surface area contributed by atoms with E-state index in [2.05, 4.69) is 40.7 Å². The lowest BCUT2D eigenvalue weighted by Crippen LogP contribution is -1.97. The molecule has 0 heterocycles. The molecule has 0 nitrogen and oxygen atoms in total. The Kier molecular flexibility index (Phi) is 5.27. The summed E-state index contributed by atoms with van der Waals surface area (Å²) in [5, 5.41) is 0. The molecule has 0 bridgehead atoms. The van der Waals surface area contributed by atoms with Crippen LogP contribution in [0.15, 0.2) is 11.6 Å². The fourth-order valence-corrected chi connectivity index (χ4v) is 1.42. The Hall–Kier alpha value is -0.260. The van der Waals surface area contributed by atoms with Crippen LogP contribution in [0.1, 0.15) is 47.5 Å². The van der Waals surface area contributed by atoms with Crippen molar-refractivity contribution in [3.63, 3.8) is 0 Å². The standard InChI is InChI=1S/C11H22/c1-6-10(4)8-11(5)7-9(2)3/h8-9,11H,6-7H2,1-5H3. The molecule has 0 saturated carbocycles. The van der Waals surface area contributed by atoms with Crippen molar-refractivity contribution in [2.24, 2.45) is 11.8 Å². The van der Waals surface area contributed by atoms with Gasteiger partial charge < -0.3 is 0 Å². The molecule has 11 heavy (non-hydrogen) atoms. The summed E-state index contributed by atoms with van der Waals surface area (Å²) < 4.78 is 0. The molecule has 0 spiro atoms. The quantitative estimate of drug-likeness (QED) is 0.536. The molecule has 0 aromatic carbocycles. The van der Waals surface area contributed by atoms with Gasteiger partial charge in [-0.3, -0.25) is 0 Å². The Labute approximate surface area is 71.7 Å². The van der Waals surface area contributed by atoms with Gasteiger partial charge in [-0.1, -0.05) is 39.3 Å². The average molecular weight is 154 g/mol. The predicted molar refractivity (Wildman–Crippen MR) is 52.7 cm³/mol. The summed E-state index contributed by atoms with van der Waals surface area (Å²) in [6, 6.07) is 0. The maximum Gasteiger partial charge on any atom is -0.0257 e. The van der Waals surface area contributed by atoms with Gasteiger partial charge in [-0.2, -0.15) is 0 Å². The first-order chi connectivity index (χ1) is 5.06. The summed E-state index contributed by atoms with van der Waals surface area (Å²) in [4.78, 5) is 0. The van der Waals surface area contributed by atoms with Gasteiger partial charge in [0.2, 0.25) is 0 Å². The fraction of sp³-hybridized carbons (Fsp3) is 0.818. The monoisotopic (exact) mass is 154 g/mol. The van der Waals surface area contributed by atoms with Crippen molar-refractivity contribution in [3.8, 4) is 0 Å².